The lowest BCUT2D eigenvalue weighted by molar-refractivity contribution is -0.122. The molecule has 1 aliphatic rings. The molecule has 2 aromatic heterocycles. The molecule has 0 aliphatic carbocycles. The molecule has 4 rings (SSSR count). The van der Waals surface area contributed by atoms with Crippen LogP contribution in [0.2, 0.25) is 0 Å². The Morgan fingerprint density at radius 2 is 2.00 bits per heavy atom. The first-order chi connectivity index (χ1) is 14.1. The Labute approximate surface area is 167 Å². The average Bonchev–Trinajstić information content (AvgIpc) is 3.13. The predicted molar refractivity (Wildman–Crippen MR) is 107 cm³/mol. The molecule has 1 N–H and O–H groups in total. The maximum Gasteiger partial charge on any atom is 0.264 e. The number of carbonyl (C=O) groups excluding carboxylic acids is 1. The minimum Gasteiger partial charge on any atom is -0.379 e. The van der Waals surface area contributed by atoms with Crippen LogP contribution >= 0.6 is 0 Å². The Morgan fingerprint density at radius 1 is 1.24 bits per heavy atom. The van der Waals surface area contributed by atoms with E-state index in [-0.39, 0.29) is 24.1 Å². The van der Waals surface area contributed by atoms with Gasteiger partial charge in [0.05, 0.1) is 25.5 Å². The first-order valence-electron chi connectivity index (χ1n) is 9.64. The summed E-state index contributed by atoms with van der Waals surface area (Å²) in [6, 6.07) is 10.2. The largest absolute Gasteiger partial charge is 0.379 e. The van der Waals surface area contributed by atoms with Gasteiger partial charge in [-0.15, -0.1) is 0 Å². The van der Waals surface area contributed by atoms with Gasteiger partial charge in [-0.2, -0.15) is 5.10 Å². The van der Waals surface area contributed by atoms with Crippen molar-refractivity contribution in [2.75, 3.05) is 32.8 Å². The number of nitrogens with zero attached hydrogens (tertiary/aromatic N) is 5. The van der Waals surface area contributed by atoms with Gasteiger partial charge in [0.25, 0.3) is 5.56 Å². The Morgan fingerprint density at radius 3 is 2.76 bits per heavy atom. The van der Waals surface area contributed by atoms with E-state index in [2.05, 4.69) is 32.4 Å². The number of hydrogen-bond donors (Lipinski definition) is 1. The summed E-state index contributed by atoms with van der Waals surface area (Å²) >= 11 is 0. The number of amides is 1. The maximum absolute atomic E-state index is 12.6. The molecule has 3 aromatic rings. The molecule has 3 heterocycles. The number of nitrogens with one attached hydrogen (secondary N) is 1. The van der Waals surface area contributed by atoms with Gasteiger partial charge in [0.2, 0.25) is 5.91 Å². The monoisotopic (exact) mass is 396 g/mol. The quantitative estimate of drug-likeness (QED) is 0.645. The van der Waals surface area contributed by atoms with Crippen LogP contribution in [0.4, 0.5) is 0 Å². The van der Waals surface area contributed by atoms with Crippen LogP contribution in [-0.2, 0) is 23.1 Å². The molecule has 1 aliphatic heterocycles. The summed E-state index contributed by atoms with van der Waals surface area (Å²) < 4.78 is 8.31. The van der Waals surface area contributed by atoms with Gasteiger partial charge in [0.15, 0.2) is 5.65 Å². The van der Waals surface area contributed by atoms with Gasteiger partial charge in [0, 0.05) is 26.7 Å². The maximum atomic E-state index is 12.6. The molecule has 0 spiro atoms. The number of aromatic nitrogens is 4. The van der Waals surface area contributed by atoms with Crippen molar-refractivity contribution in [1.82, 2.24) is 29.5 Å². The zero-order valence-corrected chi connectivity index (χ0v) is 16.3. The van der Waals surface area contributed by atoms with Crippen LogP contribution < -0.4 is 10.9 Å². The molecule has 152 valence electrons. The average molecular weight is 396 g/mol. The smallest absolute Gasteiger partial charge is 0.264 e. The predicted octanol–water partition coefficient (Wildman–Crippen LogP) is 0.320. The Bertz CT molecular complexity index is 1040. The van der Waals surface area contributed by atoms with Gasteiger partial charge in [-0.1, -0.05) is 30.3 Å². The molecule has 1 unspecified atom stereocenters. The van der Waals surface area contributed by atoms with Crippen LogP contribution in [0.15, 0.2) is 47.7 Å². The van der Waals surface area contributed by atoms with E-state index in [1.807, 2.05) is 18.2 Å². The molecule has 29 heavy (non-hydrogen) atoms. The molecular formula is C20H24N6O3. The molecule has 1 fully saturated rings. The second-order valence-corrected chi connectivity index (χ2v) is 7.06. The summed E-state index contributed by atoms with van der Waals surface area (Å²) in [4.78, 5) is 31.7. The molecule has 1 aromatic carbocycles. The van der Waals surface area contributed by atoms with E-state index in [1.165, 1.54) is 21.8 Å². The highest BCUT2D eigenvalue weighted by Crippen LogP contribution is 2.21. The van der Waals surface area contributed by atoms with Gasteiger partial charge in [-0.3, -0.25) is 23.7 Å². The summed E-state index contributed by atoms with van der Waals surface area (Å²) in [5.41, 5.74) is 1.37. The van der Waals surface area contributed by atoms with Crippen LogP contribution in [0.1, 0.15) is 11.6 Å². The zero-order chi connectivity index (χ0) is 20.2. The highest BCUT2D eigenvalue weighted by atomic mass is 16.5. The molecule has 0 bridgehead atoms. The lowest BCUT2D eigenvalue weighted by atomic mass is 10.0. The van der Waals surface area contributed by atoms with Gasteiger partial charge in [-0.05, 0) is 5.56 Å². The van der Waals surface area contributed by atoms with Gasteiger partial charge in [0.1, 0.15) is 18.3 Å². The number of benzene rings is 1. The van der Waals surface area contributed by atoms with Crippen molar-refractivity contribution in [1.29, 1.82) is 0 Å². The molecule has 1 saturated heterocycles. The first-order valence-corrected chi connectivity index (χ1v) is 9.64. The van der Waals surface area contributed by atoms with Gasteiger partial charge < -0.3 is 10.1 Å². The summed E-state index contributed by atoms with van der Waals surface area (Å²) in [6.07, 6.45) is 2.87. The normalized spacial score (nSPS) is 16.0. The number of aryl methyl sites for hydroxylation is 1. The van der Waals surface area contributed by atoms with E-state index >= 15 is 0 Å². The van der Waals surface area contributed by atoms with E-state index in [0.29, 0.717) is 30.8 Å². The second kappa shape index (κ2) is 8.54. The van der Waals surface area contributed by atoms with Crippen LogP contribution in [0.3, 0.4) is 0 Å². The highest BCUT2D eigenvalue weighted by molar-refractivity contribution is 5.77. The fourth-order valence-electron chi connectivity index (χ4n) is 3.62. The fraction of sp³-hybridized carbons (Fsp3) is 0.400. The molecule has 0 saturated carbocycles. The lowest BCUT2D eigenvalue weighted by Gasteiger charge is -2.35. The van der Waals surface area contributed by atoms with E-state index in [4.69, 9.17) is 4.74 Å². The van der Waals surface area contributed by atoms with E-state index in [9.17, 15) is 9.59 Å². The fourth-order valence-corrected chi connectivity index (χ4v) is 3.62. The summed E-state index contributed by atoms with van der Waals surface area (Å²) in [7, 11) is 1.72. The molecule has 9 nitrogen and oxygen atoms in total. The van der Waals surface area contributed by atoms with Crippen molar-refractivity contribution >= 4 is 16.9 Å². The van der Waals surface area contributed by atoms with Gasteiger partial charge in [-0.25, -0.2) is 4.98 Å². The topological polar surface area (TPSA) is 94.3 Å². The lowest BCUT2D eigenvalue weighted by Crippen LogP contribution is -2.44. The molecule has 1 atom stereocenters. The Balaban J connectivity index is 1.45. The van der Waals surface area contributed by atoms with Crippen LogP contribution in [0, 0.1) is 0 Å². The standard InChI is InChI=1S/C20H24N6O3/c1-24-19-16(11-23-24)20(28)26(14-22-19)13-18(27)21-12-17(15-5-3-2-4-6-15)25-7-9-29-10-8-25/h2-6,11,14,17H,7-10,12-13H2,1H3,(H,21,27). The number of morpholine rings is 1. The van der Waals surface area contributed by atoms with Crippen molar-refractivity contribution < 1.29 is 9.53 Å². The zero-order valence-electron chi connectivity index (χ0n) is 16.3. The number of hydrogen-bond acceptors (Lipinski definition) is 6. The Hall–Kier alpha value is -3.04. The first kappa shape index (κ1) is 19.3. The third-order valence-corrected chi connectivity index (χ3v) is 5.20. The highest BCUT2D eigenvalue weighted by Gasteiger charge is 2.23. The summed E-state index contributed by atoms with van der Waals surface area (Å²) in [5.74, 6) is -0.230. The summed E-state index contributed by atoms with van der Waals surface area (Å²) in [5, 5.41) is 7.43. The van der Waals surface area contributed by atoms with Crippen molar-refractivity contribution in [2.45, 2.75) is 12.6 Å². The molecule has 1 amide bonds. The van der Waals surface area contributed by atoms with E-state index < -0.39 is 0 Å². The van der Waals surface area contributed by atoms with E-state index in [0.717, 1.165) is 18.7 Å². The van der Waals surface area contributed by atoms with Gasteiger partial charge >= 0.3 is 0 Å². The van der Waals surface area contributed by atoms with Crippen LogP contribution in [-0.4, -0.2) is 63.0 Å². The third kappa shape index (κ3) is 4.20. The van der Waals surface area contributed by atoms with Crippen molar-refractivity contribution in [3.8, 4) is 0 Å². The molecule has 9 heteroatoms. The van der Waals surface area contributed by atoms with Crippen molar-refractivity contribution in [3.63, 3.8) is 0 Å². The minimum atomic E-state index is -0.272. The number of ether oxygens (including phenoxy) is 1. The number of fused-ring (bicyclic) bond motifs is 1. The number of rotatable bonds is 6. The second-order valence-electron chi connectivity index (χ2n) is 7.06. The molecular weight excluding hydrogens is 372 g/mol. The van der Waals surface area contributed by atoms with Crippen LogP contribution in [0.5, 0.6) is 0 Å². The number of carbonyl (C=O) groups is 1. The minimum absolute atomic E-state index is 0.0553. The van der Waals surface area contributed by atoms with Crippen molar-refractivity contribution in [2.24, 2.45) is 7.05 Å². The summed E-state index contributed by atoms with van der Waals surface area (Å²) in [6.45, 7) is 3.38. The van der Waals surface area contributed by atoms with Crippen LogP contribution in [0.25, 0.3) is 11.0 Å². The third-order valence-electron chi connectivity index (χ3n) is 5.20. The van der Waals surface area contributed by atoms with E-state index in [1.54, 1.807) is 7.05 Å². The SMILES string of the molecule is Cn1ncc2c(=O)n(CC(=O)NCC(c3ccccc3)N3CCOCC3)cnc21. The molecule has 0 radical (unpaired) electrons. The Kier molecular flexibility index (Phi) is 5.68. The van der Waals surface area contributed by atoms with Crippen molar-refractivity contribution in [3.05, 3.63) is 58.8 Å².